The fourth-order valence-corrected chi connectivity index (χ4v) is 3.39. The Kier molecular flexibility index (Phi) is 3.87. The summed E-state index contributed by atoms with van der Waals surface area (Å²) in [5.41, 5.74) is 7.73. The van der Waals surface area contributed by atoms with Crippen LogP contribution in [0.4, 0.5) is 5.82 Å². The molecule has 1 aliphatic rings. The predicted octanol–water partition coefficient (Wildman–Crippen LogP) is 0.126. The van der Waals surface area contributed by atoms with Crippen molar-refractivity contribution >= 4 is 15.7 Å². The normalized spacial score (nSPS) is 18.9. The number of nitrogens with zero attached hydrogens (tertiary/aromatic N) is 2. The first kappa shape index (κ1) is 13.3. The number of pyridine rings is 1. The molecule has 1 fully saturated rings. The molecule has 18 heavy (non-hydrogen) atoms. The van der Waals surface area contributed by atoms with Crippen molar-refractivity contribution in [2.75, 3.05) is 36.0 Å². The first-order chi connectivity index (χ1) is 8.52. The van der Waals surface area contributed by atoms with Gasteiger partial charge in [-0.3, -0.25) is 0 Å². The SMILES string of the molecule is Cc1cc(CCN)cnc1N1CCS(=O)(=O)CC1. The van der Waals surface area contributed by atoms with Crippen LogP contribution < -0.4 is 10.6 Å². The lowest BCUT2D eigenvalue weighted by atomic mass is 10.1. The zero-order valence-corrected chi connectivity index (χ0v) is 11.4. The maximum atomic E-state index is 11.4. The molecule has 100 valence electrons. The molecule has 1 aromatic heterocycles. The van der Waals surface area contributed by atoms with E-state index in [1.807, 2.05) is 18.0 Å². The summed E-state index contributed by atoms with van der Waals surface area (Å²) in [6, 6.07) is 2.08. The molecule has 1 aliphatic heterocycles. The molecule has 0 bridgehead atoms. The summed E-state index contributed by atoms with van der Waals surface area (Å²) in [5.74, 6) is 1.34. The zero-order valence-electron chi connectivity index (χ0n) is 10.6. The molecule has 1 saturated heterocycles. The third-order valence-electron chi connectivity index (χ3n) is 3.18. The van der Waals surface area contributed by atoms with Gasteiger partial charge in [0.05, 0.1) is 11.5 Å². The number of aryl methyl sites for hydroxylation is 1. The summed E-state index contributed by atoms with van der Waals surface area (Å²) in [7, 11) is -2.84. The summed E-state index contributed by atoms with van der Waals surface area (Å²) in [5, 5.41) is 0. The van der Waals surface area contributed by atoms with E-state index in [9.17, 15) is 8.42 Å². The molecule has 0 atom stereocenters. The third-order valence-corrected chi connectivity index (χ3v) is 4.79. The Hall–Kier alpha value is -1.14. The number of aromatic nitrogens is 1. The fourth-order valence-electron chi connectivity index (χ4n) is 2.18. The van der Waals surface area contributed by atoms with E-state index in [0.717, 1.165) is 23.4 Å². The van der Waals surface area contributed by atoms with Gasteiger partial charge in [0.25, 0.3) is 0 Å². The number of hydrogen-bond donors (Lipinski definition) is 1. The maximum Gasteiger partial charge on any atom is 0.153 e. The second-order valence-corrected chi connectivity index (χ2v) is 6.97. The molecule has 0 aromatic carbocycles. The Morgan fingerprint density at radius 2 is 2.06 bits per heavy atom. The van der Waals surface area contributed by atoms with E-state index < -0.39 is 9.84 Å². The minimum absolute atomic E-state index is 0.221. The molecule has 0 radical (unpaired) electrons. The molecule has 5 nitrogen and oxygen atoms in total. The van der Waals surface area contributed by atoms with E-state index in [1.165, 1.54) is 0 Å². The highest BCUT2D eigenvalue weighted by Crippen LogP contribution is 2.20. The standard InChI is InChI=1S/C12H19N3O2S/c1-10-8-11(2-3-13)9-14-12(10)15-4-6-18(16,17)7-5-15/h8-9H,2-7,13H2,1H3. The average molecular weight is 269 g/mol. The van der Waals surface area contributed by atoms with Crippen LogP contribution >= 0.6 is 0 Å². The second-order valence-electron chi connectivity index (χ2n) is 4.66. The van der Waals surface area contributed by atoms with E-state index in [4.69, 9.17) is 5.73 Å². The summed E-state index contributed by atoms with van der Waals surface area (Å²) >= 11 is 0. The van der Waals surface area contributed by atoms with Gasteiger partial charge < -0.3 is 10.6 Å². The van der Waals surface area contributed by atoms with Gasteiger partial charge in [-0.1, -0.05) is 6.07 Å². The van der Waals surface area contributed by atoms with Gasteiger partial charge in [-0.15, -0.1) is 0 Å². The average Bonchev–Trinajstić information content (AvgIpc) is 2.31. The van der Waals surface area contributed by atoms with Crippen LogP contribution in [0.1, 0.15) is 11.1 Å². The molecule has 6 heteroatoms. The highest BCUT2D eigenvalue weighted by Gasteiger charge is 2.23. The lowest BCUT2D eigenvalue weighted by Crippen LogP contribution is -2.41. The summed E-state index contributed by atoms with van der Waals surface area (Å²) in [6.45, 7) is 3.69. The van der Waals surface area contributed by atoms with Gasteiger partial charge in [0.15, 0.2) is 9.84 Å². The molecule has 2 N–H and O–H groups in total. The highest BCUT2D eigenvalue weighted by atomic mass is 32.2. The topological polar surface area (TPSA) is 76.3 Å². The van der Waals surface area contributed by atoms with Gasteiger partial charge in [0.2, 0.25) is 0 Å². The molecule has 0 saturated carbocycles. The number of sulfone groups is 1. The van der Waals surface area contributed by atoms with Crippen LogP contribution in [0.5, 0.6) is 0 Å². The first-order valence-electron chi connectivity index (χ1n) is 6.13. The van der Waals surface area contributed by atoms with Crippen molar-refractivity contribution in [2.45, 2.75) is 13.3 Å². The van der Waals surface area contributed by atoms with Gasteiger partial charge in [0.1, 0.15) is 5.82 Å². The lowest BCUT2D eigenvalue weighted by Gasteiger charge is -2.29. The van der Waals surface area contributed by atoms with E-state index in [-0.39, 0.29) is 11.5 Å². The van der Waals surface area contributed by atoms with Crippen molar-refractivity contribution in [1.82, 2.24) is 4.98 Å². The lowest BCUT2D eigenvalue weighted by molar-refractivity contribution is 0.586. The van der Waals surface area contributed by atoms with E-state index >= 15 is 0 Å². The molecule has 2 heterocycles. The molecule has 2 rings (SSSR count). The van der Waals surface area contributed by atoms with Crippen LogP contribution in [0.15, 0.2) is 12.3 Å². The Morgan fingerprint density at radius 1 is 1.39 bits per heavy atom. The van der Waals surface area contributed by atoms with Crippen molar-refractivity contribution < 1.29 is 8.42 Å². The molecule has 0 spiro atoms. The maximum absolute atomic E-state index is 11.4. The van der Waals surface area contributed by atoms with Crippen molar-refractivity contribution in [1.29, 1.82) is 0 Å². The minimum Gasteiger partial charge on any atom is -0.354 e. The van der Waals surface area contributed by atoms with Crippen LogP contribution in [-0.4, -0.2) is 44.5 Å². The fraction of sp³-hybridized carbons (Fsp3) is 0.583. The Labute approximate surface area is 108 Å². The zero-order chi connectivity index (χ0) is 13.2. The van der Waals surface area contributed by atoms with Gasteiger partial charge in [-0.2, -0.15) is 0 Å². The van der Waals surface area contributed by atoms with Gasteiger partial charge in [-0.25, -0.2) is 13.4 Å². The number of hydrogen-bond acceptors (Lipinski definition) is 5. The number of anilines is 1. The van der Waals surface area contributed by atoms with E-state index in [2.05, 4.69) is 11.1 Å². The van der Waals surface area contributed by atoms with Crippen LogP contribution in [-0.2, 0) is 16.3 Å². The summed E-state index contributed by atoms with van der Waals surface area (Å²) < 4.78 is 22.8. The quantitative estimate of drug-likeness (QED) is 0.844. The van der Waals surface area contributed by atoms with Crippen molar-refractivity contribution in [3.05, 3.63) is 23.4 Å². The largest absolute Gasteiger partial charge is 0.354 e. The first-order valence-corrected chi connectivity index (χ1v) is 7.95. The van der Waals surface area contributed by atoms with Crippen LogP contribution in [0.3, 0.4) is 0 Å². The Bertz CT molecular complexity index is 514. The van der Waals surface area contributed by atoms with Crippen molar-refractivity contribution in [3.8, 4) is 0 Å². The third kappa shape index (κ3) is 3.00. The number of nitrogens with two attached hydrogens (primary N) is 1. The monoisotopic (exact) mass is 269 g/mol. The molecule has 0 unspecified atom stereocenters. The van der Waals surface area contributed by atoms with Gasteiger partial charge in [0, 0.05) is 19.3 Å². The van der Waals surface area contributed by atoms with Crippen molar-refractivity contribution in [3.63, 3.8) is 0 Å². The van der Waals surface area contributed by atoms with E-state index in [0.29, 0.717) is 19.6 Å². The molecular formula is C12H19N3O2S. The second kappa shape index (κ2) is 5.24. The summed E-state index contributed by atoms with van der Waals surface area (Å²) in [6.07, 6.45) is 2.65. The molecule has 0 amide bonds. The summed E-state index contributed by atoms with van der Waals surface area (Å²) in [4.78, 5) is 6.49. The van der Waals surface area contributed by atoms with Gasteiger partial charge >= 0.3 is 0 Å². The highest BCUT2D eigenvalue weighted by molar-refractivity contribution is 7.91. The minimum atomic E-state index is -2.84. The number of rotatable bonds is 3. The molecule has 1 aromatic rings. The molecule has 0 aliphatic carbocycles. The van der Waals surface area contributed by atoms with Crippen LogP contribution in [0, 0.1) is 6.92 Å². The van der Waals surface area contributed by atoms with Crippen molar-refractivity contribution in [2.24, 2.45) is 5.73 Å². The van der Waals surface area contributed by atoms with Crippen LogP contribution in [0.25, 0.3) is 0 Å². The predicted molar refractivity (Wildman–Crippen MR) is 72.6 cm³/mol. The smallest absolute Gasteiger partial charge is 0.153 e. The van der Waals surface area contributed by atoms with E-state index in [1.54, 1.807) is 0 Å². The van der Waals surface area contributed by atoms with Crippen LogP contribution in [0.2, 0.25) is 0 Å². The van der Waals surface area contributed by atoms with Gasteiger partial charge in [-0.05, 0) is 31.0 Å². The Morgan fingerprint density at radius 3 is 2.61 bits per heavy atom. The Balaban J connectivity index is 2.14. The molecular weight excluding hydrogens is 250 g/mol.